The predicted molar refractivity (Wildman–Crippen MR) is 105 cm³/mol. The van der Waals surface area contributed by atoms with Crippen LogP contribution in [0.1, 0.15) is 24.8 Å². The van der Waals surface area contributed by atoms with Gasteiger partial charge in [-0.3, -0.25) is 4.79 Å². The normalized spacial score (nSPS) is 16.1. The van der Waals surface area contributed by atoms with Gasteiger partial charge in [0.1, 0.15) is 5.82 Å². The predicted octanol–water partition coefficient (Wildman–Crippen LogP) is 3.68. The number of pyridine rings is 1. The Balaban J connectivity index is 1.40. The molecule has 1 aromatic carbocycles. The Hall–Kier alpha value is -2.47. The first-order valence-electron chi connectivity index (χ1n) is 9.28. The number of ether oxygens (including phenoxy) is 2. The van der Waals surface area contributed by atoms with Crippen LogP contribution in [0.3, 0.4) is 0 Å². The smallest absolute Gasteiger partial charge is 0.228 e. The summed E-state index contributed by atoms with van der Waals surface area (Å²) in [6.45, 7) is 3.24. The van der Waals surface area contributed by atoms with E-state index in [-0.39, 0.29) is 12.3 Å². The van der Waals surface area contributed by atoms with Crippen molar-refractivity contribution < 1.29 is 14.3 Å². The highest BCUT2D eigenvalue weighted by Crippen LogP contribution is 2.38. The summed E-state index contributed by atoms with van der Waals surface area (Å²) < 4.78 is 11.3. The van der Waals surface area contributed by atoms with E-state index in [1.165, 1.54) is 12.8 Å². The molecule has 0 saturated carbocycles. The molecule has 1 amide bonds. The average Bonchev–Trinajstić information content (AvgIpc) is 3.08. The Labute approximate surface area is 163 Å². The molecule has 2 aromatic rings. The third-order valence-electron chi connectivity index (χ3n) is 4.69. The van der Waals surface area contributed by atoms with Crippen molar-refractivity contribution in [1.29, 1.82) is 0 Å². The van der Waals surface area contributed by atoms with Crippen LogP contribution in [-0.4, -0.2) is 37.2 Å². The van der Waals surface area contributed by atoms with Gasteiger partial charge in [0.25, 0.3) is 0 Å². The Morgan fingerprint density at radius 1 is 1.15 bits per heavy atom. The molecule has 0 radical (unpaired) electrons. The van der Waals surface area contributed by atoms with Crippen molar-refractivity contribution in [2.75, 3.05) is 36.5 Å². The molecule has 0 spiro atoms. The van der Waals surface area contributed by atoms with Gasteiger partial charge in [0.05, 0.1) is 36.5 Å². The van der Waals surface area contributed by atoms with Gasteiger partial charge in [-0.05, 0) is 42.7 Å². The summed E-state index contributed by atoms with van der Waals surface area (Å²) in [4.78, 5) is 19.1. The topological polar surface area (TPSA) is 63.7 Å². The fourth-order valence-corrected chi connectivity index (χ4v) is 3.66. The van der Waals surface area contributed by atoms with Crippen LogP contribution in [0.5, 0.6) is 11.5 Å². The van der Waals surface area contributed by atoms with E-state index in [0.29, 0.717) is 35.4 Å². The summed E-state index contributed by atoms with van der Waals surface area (Å²) in [6, 6.07) is 7.41. The van der Waals surface area contributed by atoms with Gasteiger partial charge in [-0.15, -0.1) is 0 Å². The van der Waals surface area contributed by atoms with E-state index in [0.717, 1.165) is 30.9 Å². The molecule has 4 rings (SSSR count). The highest BCUT2D eigenvalue weighted by molar-refractivity contribution is 6.32. The monoisotopic (exact) mass is 387 g/mol. The molecule has 6 nitrogen and oxygen atoms in total. The summed E-state index contributed by atoms with van der Waals surface area (Å²) in [6.07, 6.45) is 5.12. The quantitative estimate of drug-likeness (QED) is 0.867. The number of carbonyl (C=O) groups is 1. The van der Waals surface area contributed by atoms with Gasteiger partial charge in [-0.2, -0.15) is 0 Å². The first-order valence-corrected chi connectivity index (χ1v) is 9.66. The molecule has 27 heavy (non-hydrogen) atoms. The molecule has 0 unspecified atom stereocenters. The highest BCUT2D eigenvalue weighted by atomic mass is 35.5. The standard InChI is InChI=1S/C20H22ClN3O3/c21-16-10-14(11-17-20(16)27-9-3-8-26-17)12-19(25)23-15-4-5-18(22-13-15)24-6-1-2-7-24/h4-5,10-11,13H,1-3,6-9,12H2,(H,23,25). The lowest BCUT2D eigenvalue weighted by Gasteiger charge is -2.16. The minimum absolute atomic E-state index is 0.128. The van der Waals surface area contributed by atoms with Crippen molar-refractivity contribution in [2.24, 2.45) is 0 Å². The van der Waals surface area contributed by atoms with Crippen molar-refractivity contribution in [3.05, 3.63) is 41.0 Å². The van der Waals surface area contributed by atoms with Crippen LogP contribution in [-0.2, 0) is 11.2 Å². The number of nitrogens with zero attached hydrogens (tertiary/aromatic N) is 2. The van der Waals surface area contributed by atoms with Crippen molar-refractivity contribution in [2.45, 2.75) is 25.7 Å². The fraction of sp³-hybridized carbons (Fsp3) is 0.400. The number of hydrogen-bond acceptors (Lipinski definition) is 5. The molecule has 1 saturated heterocycles. The fourth-order valence-electron chi connectivity index (χ4n) is 3.37. The first-order chi connectivity index (χ1) is 13.2. The Kier molecular flexibility index (Phi) is 5.34. The molecule has 0 atom stereocenters. The zero-order valence-corrected chi connectivity index (χ0v) is 15.8. The van der Waals surface area contributed by atoms with Crippen molar-refractivity contribution in [3.63, 3.8) is 0 Å². The van der Waals surface area contributed by atoms with Crippen LogP contribution in [0.15, 0.2) is 30.5 Å². The largest absolute Gasteiger partial charge is 0.489 e. The zero-order valence-electron chi connectivity index (χ0n) is 15.0. The molecule has 142 valence electrons. The number of hydrogen-bond donors (Lipinski definition) is 1. The number of benzene rings is 1. The van der Waals surface area contributed by atoms with Crippen LogP contribution in [0.4, 0.5) is 11.5 Å². The third kappa shape index (κ3) is 4.27. The van der Waals surface area contributed by atoms with Gasteiger partial charge in [0.15, 0.2) is 11.5 Å². The SMILES string of the molecule is O=C(Cc1cc(Cl)c2c(c1)OCCCO2)Nc1ccc(N2CCCC2)nc1. The number of halogens is 1. The van der Waals surface area contributed by atoms with E-state index >= 15 is 0 Å². The third-order valence-corrected chi connectivity index (χ3v) is 4.97. The van der Waals surface area contributed by atoms with Gasteiger partial charge in [-0.1, -0.05) is 11.6 Å². The van der Waals surface area contributed by atoms with Crippen LogP contribution in [0.25, 0.3) is 0 Å². The summed E-state index contributed by atoms with van der Waals surface area (Å²) in [7, 11) is 0. The molecule has 2 aliphatic rings. The van der Waals surface area contributed by atoms with Crippen molar-refractivity contribution in [3.8, 4) is 11.5 Å². The van der Waals surface area contributed by atoms with Crippen LogP contribution < -0.4 is 19.7 Å². The van der Waals surface area contributed by atoms with E-state index < -0.39 is 0 Å². The second kappa shape index (κ2) is 8.05. The van der Waals surface area contributed by atoms with Gasteiger partial charge < -0.3 is 19.7 Å². The molecule has 3 heterocycles. The second-order valence-corrected chi connectivity index (χ2v) is 7.19. The van der Waals surface area contributed by atoms with Gasteiger partial charge >= 0.3 is 0 Å². The lowest BCUT2D eigenvalue weighted by molar-refractivity contribution is -0.115. The maximum Gasteiger partial charge on any atom is 0.228 e. The number of amides is 1. The molecule has 0 aliphatic carbocycles. The molecule has 2 aliphatic heterocycles. The lowest BCUT2D eigenvalue weighted by atomic mass is 10.1. The summed E-state index contributed by atoms with van der Waals surface area (Å²) in [5.41, 5.74) is 1.46. The van der Waals surface area contributed by atoms with E-state index in [9.17, 15) is 4.79 Å². The summed E-state index contributed by atoms with van der Waals surface area (Å²) in [5, 5.41) is 3.35. The molecule has 1 fully saturated rings. The van der Waals surface area contributed by atoms with Crippen LogP contribution in [0.2, 0.25) is 5.02 Å². The lowest BCUT2D eigenvalue weighted by Crippen LogP contribution is -2.19. The number of nitrogens with one attached hydrogen (secondary N) is 1. The highest BCUT2D eigenvalue weighted by Gasteiger charge is 2.17. The van der Waals surface area contributed by atoms with Gasteiger partial charge in [-0.25, -0.2) is 4.98 Å². The van der Waals surface area contributed by atoms with Crippen LogP contribution in [0, 0.1) is 0 Å². The second-order valence-electron chi connectivity index (χ2n) is 6.78. The number of anilines is 2. The van der Waals surface area contributed by atoms with E-state index in [1.807, 2.05) is 18.2 Å². The van der Waals surface area contributed by atoms with Crippen molar-refractivity contribution >= 4 is 29.0 Å². The van der Waals surface area contributed by atoms with Crippen LogP contribution >= 0.6 is 11.6 Å². The number of carbonyl (C=O) groups excluding carboxylic acids is 1. The first kappa shape index (κ1) is 17.9. The number of fused-ring (bicyclic) bond motifs is 1. The molecular formula is C20H22ClN3O3. The molecular weight excluding hydrogens is 366 g/mol. The van der Waals surface area contributed by atoms with Gasteiger partial charge in [0.2, 0.25) is 5.91 Å². The Bertz CT molecular complexity index is 820. The Morgan fingerprint density at radius 3 is 2.74 bits per heavy atom. The zero-order chi connectivity index (χ0) is 18.6. The van der Waals surface area contributed by atoms with Crippen molar-refractivity contribution in [1.82, 2.24) is 4.98 Å². The summed E-state index contributed by atoms with van der Waals surface area (Å²) in [5.74, 6) is 1.98. The maximum atomic E-state index is 12.4. The minimum atomic E-state index is -0.128. The van der Waals surface area contributed by atoms with E-state index in [1.54, 1.807) is 12.3 Å². The van der Waals surface area contributed by atoms with E-state index in [2.05, 4.69) is 15.2 Å². The van der Waals surface area contributed by atoms with E-state index in [4.69, 9.17) is 21.1 Å². The molecule has 1 N–H and O–H groups in total. The number of rotatable bonds is 4. The average molecular weight is 388 g/mol. The summed E-state index contributed by atoms with van der Waals surface area (Å²) >= 11 is 6.29. The molecule has 1 aromatic heterocycles. The molecule has 7 heteroatoms. The minimum Gasteiger partial charge on any atom is -0.489 e. The maximum absolute atomic E-state index is 12.4. The Morgan fingerprint density at radius 2 is 1.96 bits per heavy atom. The number of aromatic nitrogens is 1. The van der Waals surface area contributed by atoms with Gasteiger partial charge in [0, 0.05) is 19.5 Å². The molecule has 0 bridgehead atoms.